The van der Waals surface area contributed by atoms with Crippen molar-refractivity contribution in [1.82, 2.24) is 0 Å². The Kier molecular flexibility index (Phi) is 6.51. The molecule has 0 spiro atoms. The van der Waals surface area contributed by atoms with E-state index in [4.69, 9.17) is 21.9 Å². The summed E-state index contributed by atoms with van der Waals surface area (Å²) in [5.74, 6) is 0.411. The average Bonchev–Trinajstić information content (AvgIpc) is 2.65. The number of hydrogen-bond acceptors (Lipinski definition) is 7. The molecule has 0 saturated heterocycles. The minimum absolute atomic E-state index is 0.000605. The summed E-state index contributed by atoms with van der Waals surface area (Å²) in [7, 11) is 1.39. The van der Waals surface area contributed by atoms with E-state index in [0.717, 1.165) is 23.9 Å². The fraction of sp³-hybridized carbons (Fsp3) is 0.278. The van der Waals surface area contributed by atoms with Crippen molar-refractivity contribution in [2.24, 2.45) is 27.2 Å². The molecule has 0 saturated carbocycles. The van der Waals surface area contributed by atoms with E-state index in [-0.39, 0.29) is 17.3 Å². The molecule has 1 heterocycles. The molecular formula is C18H24N6O2S. The summed E-state index contributed by atoms with van der Waals surface area (Å²) in [6.07, 6.45) is 1.99. The van der Waals surface area contributed by atoms with Crippen LogP contribution in [0.3, 0.4) is 0 Å². The van der Waals surface area contributed by atoms with Gasteiger partial charge in [-0.25, -0.2) is 0 Å². The summed E-state index contributed by atoms with van der Waals surface area (Å²) in [6.45, 7) is 5.70. The Hall–Kier alpha value is -2.94. The zero-order valence-corrected chi connectivity index (χ0v) is 16.2. The molecule has 8 nitrogen and oxygen atoms in total. The molecule has 0 radical (unpaired) electrons. The van der Waals surface area contributed by atoms with Gasteiger partial charge in [0, 0.05) is 11.4 Å². The van der Waals surface area contributed by atoms with Crippen LogP contribution in [0, 0.1) is 0 Å². The van der Waals surface area contributed by atoms with Crippen LogP contribution < -0.4 is 22.5 Å². The second-order valence-corrected chi connectivity index (χ2v) is 7.16. The predicted octanol–water partition coefficient (Wildman–Crippen LogP) is 1.61. The van der Waals surface area contributed by atoms with Crippen LogP contribution in [0.2, 0.25) is 0 Å². The van der Waals surface area contributed by atoms with Gasteiger partial charge in [0.05, 0.1) is 24.4 Å². The predicted molar refractivity (Wildman–Crippen MR) is 111 cm³/mol. The number of amidine groups is 2. The highest BCUT2D eigenvalue weighted by molar-refractivity contribution is 8.13. The molecule has 0 bridgehead atoms. The van der Waals surface area contributed by atoms with E-state index in [1.165, 1.54) is 7.11 Å². The molecule has 9 heteroatoms. The number of thioether (sulfide) groups is 1. The van der Waals surface area contributed by atoms with Gasteiger partial charge in [-0.1, -0.05) is 30.5 Å². The number of ether oxygens (including phenoxy) is 1. The molecule has 144 valence electrons. The minimum atomic E-state index is -0.478. The smallest absolute Gasteiger partial charge is 0.258 e. The van der Waals surface area contributed by atoms with E-state index >= 15 is 0 Å². The lowest BCUT2D eigenvalue weighted by Crippen LogP contribution is -2.29. The lowest BCUT2D eigenvalue weighted by Gasteiger charge is -2.30. The quantitative estimate of drug-likeness (QED) is 0.252. The summed E-state index contributed by atoms with van der Waals surface area (Å²) in [5, 5.41) is 3.33. The third-order valence-corrected chi connectivity index (χ3v) is 4.90. The Morgan fingerprint density at radius 3 is 2.89 bits per heavy atom. The lowest BCUT2D eigenvalue weighted by atomic mass is 9.89. The number of aliphatic imine (C=N–C) groups is 2. The largest absolute Gasteiger partial charge is 0.480 e. The van der Waals surface area contributed by atoms with Crippen LogP contribution in [0.4, 0.5) is 5.69 Å². The van der Waals surface area contributed by atoms with Gasteiger partial charge in [0.15, 0.2) is 5.17 Å². The molecule has 1 aromatic carbocycles. The lowest BCUT2D eigenvalue weighted by molar-refractivity contribution is -0.112. The first-order chi connectivity index (χ1) is 12.8. The SMILES string of the molecule is C=C(C(=O)Nc1cccc(C2(C)CCSC(N)=N2)c1)/C(N)=N\C(=C/N)OC. The van der Waals surface area contributed by atoms with Gasteiger partial charge in [-0.05, 0) is 31.0 Å². The second kappa shape index (κ2) is 8.63. The van der Waals surface area contributed by atoms with Gasteiger partial charge < -0.3 is 27.3 Å². The summed E-state index contributed by atoms with van der Waals surface area (Å²) in [5.41, 5.74) is 18.1. The number of nitrogens with zero attached hydrogens (tertiary/aromatic N) is 2. The number of hydrogen-bond donors (Lipinski definition) is 4. The molecule has 1 unspecified atom stereocenters. The number of rotatable bonds is 6. The molecule has 1 atom stereocenters. The summed E-state index contributed by atoms with van der Waals surface area (Å²) in [4.78, 5) is 20.9. The normalized spacial score (nSPS) is 20.6. The van der Waals surface area contributed by atoms with Gasteiger partial charge in [-0.2, -0.15) is 4.99 Å². The average molecular weight is 388 g/mol. The summed E-state index contributed by atoms with van der Waals surface area (Å²) in [6, 6.07) is 7.45. The minimum Gasteiger partial charge on any atom is -0.480 e. The van der Waals surface area contributed by atoms with E-state index in [1.54, 1.807) is 17.8 Å². The van der Waals surface area contributed by atoms with Crippen molar-refractivity contribution in [2.45, 2.75) is 18.9 Å². The summed E-state index contributed by atoms with van der Waals surface area (Å²) < 4.78 is 4.89. The highest BCUT2D eigenvalue weighted by Crippen LogP contribution is 2.35. The molecular weight excluding hydrogens is 364 g/mol. The Morgan fingerprint density at radius 1 is 1.52 bits per heavy atom. The number of amides is 1. The van der Waals surface area contributed by atoms with Crippen LogP contribution >= 0.6 is 11.8 Å². The number of benzene rings is 1. The van der Waals surface area contributed by atoms with Crippen LogP contribution in [0.25, 0.3) is 0 Å². The maximum Gasteiger partial charge on any atom is 0.258 e. The standard InChI is InChI=1S/C18H24N6O2S/c1-11(15(20)23-14(10-19)26-3)16(25)22-13-6-4-5-12(9-13)18(2)7-8-27-17(21)24-18/h4-6,9-10H,1,7-8,19H2,2-3H3,(H2,20,23)(H2,21,24)(H,22,25)/b14-10+. The van der Waals surface area contributed by atoms with E-state index < -0.39 is 11.4 Å². The summed E-state index contributed by atoms with van der Waals surface area (Å²) >= 11 is 1.54. The van der Waals surface area contributed by atoms with Crippen LogP contribution in [0.15, 0.2) is 58.5 Å². The van der Waals surface area contributed by atoms with Gasteiger partial charge in [0.25, 0.3) is 5.91 Å². The van der Waals surface area contributed by atoms with Gasteiger partial charge in [0.2, 0.25) is 5.88 Å². The van der Waals surface area contributed by atoms with Crippen LogP contribution in [0.1, 0.15) is 18.9 Å². The molecule has 1 aromatic rings. The van der Waals surface area contributed by atoms with Crippen molar-refractivity contribution in [2.75, 3.05) is 18.2 Å². The van der Waals surface area contributed by atoms with Crippen molar-refractivity contribution in [1.29, 1.82) is 0 Å². The Morgan fingerprint density at radius 2 is 2.26 bits per heavy atom. The number of anilines is 1. The fourth-order valence-electron chi connectivity index (χ4n) is 2.49. The molecule has 0 aliphatic carbocycles. The number of carbonyl (C=O) groups is 1. The van der Waals surface area contributed by atoms with Gasteiger partial charge in [-0.3, -0.25) is 9.79 Å². The Labute approximate surface area is 162 Å². The molecule has 0 aromatic heterocycles. The van der Waals surface area contributed by atoms with Gasteiger partial charge in [0.1, 0.15) is 5.84 Å². The van der Waals surface area contributed by atoms with Crippen molar-refractivity contribution >= 4 is 34.4 Å². The third-order valence-electron chi connectivity index (χ3n) is 4.10. The number of nitrogens with two attached hydrogens (primary N) is 3. The topological polar surface area (TPSA) is 141 Å². The molecule has 7 N–H and O–H groups in total. The van der Waals surface area contributed by atoms with Gasteiger partial charge >= 0.3 is 0 Å². The number of nitrogens with one attached hydrogen (secondary N) is 1. The van der Waals surface area contributed by atoms with Crippen LogP contribution in [-0.4, -0.2) is 29.8 Å². The van der Waals surface area contributed by atoms with E-state index in [0.29, 0.717) is 10.9 Å². The second-order valence-electron chi connectivity index (χ2n) is 6.04. The third kappa shape index (κ3) is 5.04. The molecule has 1 amide bonds. The van der Waals surface area contributed by atoms with Crippen LogP contribution in [0.5, 0.6) is 0 Å². The highest BCUT2D eigenvalue weighted by atomic mass is 32.2. The maximum atomic E-state index is 12.4. The number of methoxy groups -OCH3 is 1. The van der Waals surface area contributed by atoms with Crippen molar-refractivity contribution < 1.29 is 9.53 Å². The first kappa shape index (κ1) is 20.4. The Balaban J connectivity index is 2.17. The zero-order valence-electron chi connectivity index (χ0n) is 15.4. The van der Waals surface area contributed by atoms with Crippen LogP contribution in [-0.2, 0) is 15.1 Å². The van der Waals surface area contributed by atoms with E-state index in [2.05, 4.69) is 21.9 Å². The first-order valence-corrected chi connectivity index (χ1v) is 9.17. The molecule has 27 heavy (non-hydrogen) atoms. The van der Waals surface area contributed by atoms with E-state index in [9.17, 15) is 4.79 Å². The zero-order chi connectivity index (χ0) is 20.0. The molecule has 2 rings (SSSR count). The molecule has 1 aliphatic rings. The first-order valence-electron chi connectivity index (χ1n) is 8.18. The van der Waals surface area contributed by atoms with Gasteiger partial charge in [-0.15, -0.1) is 0 Å². The molecule has 1 aliphatic heterocycles. The highest BCUT2D eigenvalue weighted by Gasteiger charge is 2.29. The number of carbonyl (C=O) groups excluding carboxylic acids is 1. The van der Waals surface area contributed by atoms with Crippen molar-refractivity contribution in [3.63, 3.8) is 0 Å². The van der Waals surface area contributed by atoms with Crippen molar-refractivity contribution in [3.8, 4) is 0 Å². The monoisotopic (exact) mass is 388 g/mol. The van der Waals surface area contributed by atoms with Crippen molar-refractivity contribution in [3.05, 3.63) is 54.1 Å². The Bertz CT molecular complexity index is 833. The van der Waals surface area contributed by atoms with E-state index in [1.807, 2.05) is 25.1 Å². The fourth-order valence-corrected chi connectivity index (χ4v) is 3.46. The molecule has 0 fully saturated rings. The maximum absolute atomic E-state index is 12.4.